The van der Waals surface area contributed by atoms with Gasteiger partial charge in [-0.05, 0) is 56.9 Å². The number of hydrogen-bond acceptors (Lipinski definition) is 7. The highest BCUT2D eigenvalue weighted by molar-refractivity contribution is 7.90. The highest BCUT2D eigenvalue weighted by atomic mass is 32.2. The van der Waals surface area contributed by atoms with Crippen LogP contribution >= 0.6 is 0 Å². The molecule has 2 N–H and O–H groups in total. The Labute approximate surface area is 227 Å². The normalized spacial score (nSPS) is 20.9. The first-order valence-electron chi connectivity index (χ1n) is 13.4. The van der Waals surface area contributed by atoms with Crippen molar-refractivity contribution in [3.05, 3.63) is 47.3 Å². The highest BCUT2D eigenvalue weighted by Gasteiger charge is 2.47. The fourth-order valence-electron chi connectivity index (χ4n) is 6.34. The van der Waals surface area contributed by atoms with Crippen LogP contribution in [0.3, 0.4) is 0 Å². The predicted octanol–water partition coefficient (Wildman–Crippen LogP) is 2.98. The number of rotatable bonds is 7. The zero-order valence-corrected chi connectivity index (χ0v) is 23.5. The van der Waals surface area contributed by atoms with Gasteiger partial charge in [-0.15, -0.1) is 0 Å². The monoisotopic (exact) mass is 550 g/mol. The van der Waals surface area contributed by atoms with E-state index in [9.17, 15) is 13.2 Å². The molecule has 206 valence electrons. The molecule has 3 atom stereocenters. The Morgan fingerprint density at radius 1 is 1.18 bits per heavy atom. The van der Waals surface area contributed by atoms with Crippen LogP contribution in [0.15, 0.2) is 30.3 Å². The lowest BCUT2D eigenvalue weighted by atomic mass is 9.97. The van der Waals surface area contributed by atoms with Crippen LogP contribution in [-0.4, -0.2) is 75.4 Å². The summed E-state index contributed by atoms with van der Waals surface area (Å²) in [6, 6.07) is 9.86. The van der Waals surface area contributed by atoms with Crippen molar-refractivity contribution < 1.29 is 17.9 Å². The zero-order chi connectivity index (χ0) is 27.6. The molecule has 1 amide bonds. The number of methoxy groups -OCH3 is 1. The summed E-state index contributed by atoms with van der Waals surface area (Å²) in [5.74, 6) is 0.446. The second kappa shape index (κ2) is 9.34. The number of carbonyl (C=O) groups is 1. The topological polar surface area (TPSA) is 125 Å². The first-order valence-corrected chi connectivity index (χ1v) is 15.5. The Hall–Kier alpha value is -3.44. The molecule has 6 rings (SSSR count). The van der Waals surface area contributed by atoms with Gasteiger partial charge in [-0.1, -0.05) is 6.92 Å². The van der Waals surface area contributed by atoms with Crippen molar-refractivity contribution in [1.29, 1.82) is 0 Å². The summed E-state index contributed by atoms with van der Waals surface area (Å²) in [6.07, 6.45) is 4.78. The molecule has 0 radical (unpaired) electrons. The van der Waals surface area contributed by atoms with Crippen LogP contribution in [0.25, 0.3) is 28.1 Å². The molecule has 0 spiro atoms. The molecule has 2 saturated heterocycles. The van der Waals surface area contributed by atoms with Crippen LogP contribution in [-0.2, 0) is 22.8 Å². The lowest BCUT2D eigenvalue weighted by Crippen LogP contribution is -2.40. The minimum atomic E-state index is -3.21. The first kappa shape index (κ1) is 25.8. The van der Waals surface area contributed by atoms with Gasteiger partial charge in [0.2, 0.25) is 0 Å². The minimum absolute atomic E-state index is 0.0174. The molecule has 0 aromatic carbocycles. The number of aryl methyl sites for hydroxylation is 3. The minimum Gasteiger partial charge on any atom is -0.482 e. The predicted molar refractivity (Wildman–Crippen MR) is 150 cm³/mol. The van der Waals surface area contributed by atoms with Gasteiger partial charge in [-0.25, -0.2) is 18.4 Å². The highest BCUT2D eigenvalue weighted by Crippen LogP contribution is 2.39. The quantitative estimate of drug-likeness (QED) is 0.375. The third-order valence-corrected chi connectivity index (χ3v) is 9.21. The van der Waals surface area contributed by atoms with Crippen molar-refractivity contribution in [3.63, 3.8) is 0 Å². The standard InChI is InChI=1S/C28H34N6O4S/c1-5-19-7-6-17-12-23(32(27(17)30-19)10-11-39(4,36)37)26-16(2)33-24(31-26)13-18(14-25(33)38-3)28(35)34-20-8-9-22(34)21(29)15-20/h6-7,12-14,20-22H,5,8-11,15,29H2,1-4H3/t20-,21+,22+/m0/s1. The molecule has 39 heavy (non-hydrogen) atoms. The smallest absolute Gasteiger partial charge is 0.254 e. The number of sulfone groups is 1. The molecule has 10 nitrogen and oxygen atoms in total. The van der Waals surface area contributed by atoms with Gasteiger partial charge < -0.3 is 19.9 Å². The van der Waals surface area contributed by atoms with E-state index in [1.54, 1.807) is 13.2 Å². The molecule has 2 bridgehead atoms. The number of fused-ring (bicyclic) bond motifs is 4. The summed E-state index contributed by atoms with van der Waals surface area (Å²) < 4.78 is 33.8. The summed E-state index contributed by atoms with van der Waals surface area (Å²) in [4.78, 5) is 25.4. The fourth-order valence-corrected chi connectivity index (χ4v) is 6.85. The van der Waals surface area contributed by atoms with Crippen LogP contribution in [0.2, 0.25) is 0 Å². The van der Waals surface area contributed by atoms with E-state index in [1.807, 2.05) is 52.0 Å². The molecule has 6 heterocycles. The average Bonchev–Trinajstić information content (AvgIpc) is 3.65. The van der Waals surface area contributed by atoms with Crippen LogP contribution < -0.4 is 10.5 Å². The van der Waals surface area contributed by atoms with E-state index in [0.717, 1.165) is 53.8 Å². The molecule has 2 aliphatic rings. The summed E-state index contributed by atoms with van der Waals surface area (Å²) >= 11 is 0. The summed E-state index contributed by atoms with van der Waals surface area (Å²) in [5, 5.41) is 0.913. The van der Waals surface area contributed by atoms with Crippen LogP contribution in [0.5, 0.6) is 5.88 Å². The Morgan fingerprint density at radius 3 is 2.62 bits per heavy atom. The number of amides is 1. The molecule has 0 unspecified atom stereocenters. The van der Waals surface area contributed by atoms with Gasteiger partial charge in [0.05, 0.1) is 24.3 Å². The molecule has 2 aliphatic heterocycles. The second-order valence-corrected chi connectivity index (χ2v) is 13.1. The Balaban J connectivity index is 1.49. The van der Waals surface area contributed by atoms with Crippen molar-refractivity contribution in [3.8, 4) is 17.3 Å². The molecule has 11 heteroatoms. The van der Waals surface area contributed by atoms with E-state index in [1.165, 1.54) is 6.26 Å². The SMILES string of the molecule is CCc1ccc2cc(-c3nc4cc(C(=O)N5[C@H]6CC[C@@H]5[C@H](N)C6)cc(OC)n4c3C)n(CCS(C)(=O)=O)c2n1. The third kappa shape index (κ3) is 4.28. The molecule has 0 saturated carbocycles. The lowest BCUT2D eigenvalue weighted by Gasteiger charge is -2.23. The van der Waals surface area contributed by atoms with E-state index in [4.69, 9.17) is 20.4 Å². The number of hydrogen-bond donors (Lipinski definition) is 1. The maximum absolute atomic E-state index is 13.6. The molecule has 2 fully saturated rings. The van der Waals surface area contributed by atoms with Gasteiger partial charge in [-0.3, -0.25) is 9.20 Å². The number of ether oxygens (including phenoxy) is 1. The summed E-state index contributed by atoms with van der Waals surface area (Å²) in [6.45, 7) is 4.24. The molecule has 4 aromatic rings. The third-order valence-electron chi connectivity index (χ3n) is 8.29. The Bertz CT molecular complexity index is 1720. The van der Waals surface area contributed by atoms with Crippen molar-refractivity contribution in [1.82, 2.24) is 23.8 Å². The van der Waals surface area contributed by atoms with Gasteiger partial charge in [0.1, 0.15) is 26.8 Å². The largest absolute Gasteiger partial charge is 0.482 e. The van der Waals surface area contributed by atoms with Crippen molar-refractivity contribution in [2.24, 2.45) is 5.73 Å². The van der Waals surface area contributed by atoms with Crippen LogP contribution in [0, 0.1) is 6.92 Å². The van der Waals surface area contributed by atoms with Gasteiger partial charge in [0, 0.05) is 53.6 Å². The van der Waals surface area contributed by atoms with Gasteiger partial charge in [0.25, 0.3) is 5.91 Å². The number of aromatic nitrogens is 4. The van der Waals surface area contributed by atoms with Crippen LogP contribution in [0.4, 0.5) is 0 Å². The first-order chi connectivity index (χ1) is 18.6. The number of carbonyl (C=O) groups excluding carboxylic acids is 1. The summed E-state index contributed by atoms with van der Waals surface area (Å²) in [5.41, 5.74) is 11.3. The van der Waals surface area contributed by atoms with E-state index in [0.29, 0.717) is 22.8 Å². The molecule has 4 aromatic heterocycles. The van der Waals surface area contributed by atoms with Gasteiger partial charge >= 0.3 is 0 Å². The van der Waals surface area contributed by atoms with Crippen LogP contribution in [0.1, 0.15) is 47.9 Å². The van der Waals surface area contributed by atoms with Crippen molar-refractivity contribution >= 4 is 32.4 Å². The second-order valence-electron chi connectivity index (χ2n) is 10.8. The Kier molecular flexibility index (Phi) is 6.18. The van der Waals surface area contributed by atoms with Crippen molar-refractivity contribution in [2.45, 2.75) is 64.2 Å². The number of imidazole rings is 1. The van der Waals surface area contributed by atoms with E-state index >= 15 is 0 Å². The maximum Gasteiger partial charge on any atom is 0.254 e. The molecular formula is C28H34N6O4S. The van der Waals surface area contributed by atoms with E-state index in [-0.39, 0.29) is 36.3 Å². The zero-order valence-electron chi connectivity index (χ0n) is 22.7. The summed E-state index contributed by atoms with van der Waals surface area (Å²) in [7, 11) is -1.63. The number of nitrogens with zero attached hydrogens (tertiary/aromatic N) is 5. The molecular weight excluding hydrogens is 516 g/mol. The van der Waals surface area contributed by atoms with E-state index in [2.05, 4.69) is 0 Å². The fraction of sp³-hybridized carbons (Fsp3) is 0.464. The van der Waals surface area contributed by atoms with Gasteiger partial charge in [0.15, 0.2) is 5.88 Å². The Morgan fingerprint density at radius 2 is 1.97 bits per heavy atom. The maximum atomic E-state index is 13.6. The van der Waals surface area contributed by atoms with Gasteiger partial charge in [-0.2, -0.15) is 0 Å². The van der Waals surface area contributed by atoms with Crippen molar-refractivity contribution in [2.75, 3.05) is 19.1 Å². The van der Waals surface area contributed by atoms with E-state index < -0.39 is 9.84 Å². The average molecular weight is 551 g/mol. The number of pyridine rings is 2. The number of nitrogens with two attached hydrogens (primary N) is 1. The molecule has 0 aliphatic carbocycles. The lowest BCUT2D eigenvalue weighted by molar-refractivity contribution is 0.0726.